The van der Waals surface area contributed by atoms with E-state index >= 15 is 0 Å². The van der Waals surface area contributed by atoms with Gasteiger partial charge in [0.2, 0.25) is 0 Å². The second-order valence-corrected chi connectivity index (χ2v) is 5.07. The predicted octanol–water partition coefficient (Wildman–Crippen LogP) is 3.37. The normalized spacial score (nSPS) is 10.2. The minimum atomic E-state index is -0.265. The monoisotopic (exact) mass is 345 g/mol. The lowest BCUT2D eigenvalue weighted by molar-refractivity contribution is 0.0998. The van der Waals surface area contributed by atoms with E-state index in [0.717, 1.165) is 0 Å². The van der Waals surface area contributed by atoms with Gasteiger partial charge in [0.1, 0.15) is 12.4 Å². The Hall–Kier alpha value is -2.73. The molecule has 0 aliphatic rings. The molecule has 0 spiro atoms. The molecule has 6 heteroatoms. The summed E-state index contributed by atoms with van der Waals surface area (Å²) in [4.78, 5) is 12.6. The first-order valence-corrected chi connectivity index (χ1v) is 8.02. The topological polar surface area (TPSA) is 66.0 Å². The van der Waals surface area contributed by atoms with E-state index in [2.05, 4.69) is 5.32 Å². The van der Waals surface area contributed by atoms with E-state index in [0.29, 0.717) is 48.3 Å². The maximum atomic E-state index is 12.6. The fourth-order valence-electron chi connectivity index (χ4n) is 2.25. The summed E-state index contributed by atoms with van der Waals surface area (Å²) in [5.41, 5.74) is 1.06. The first-order valence-electron chi connectivity index (χ1n) is 8.02. The smallest absolute Gasteiger partial charge is 0.259 e. The molecule has 0 bridgehead atoms. The molecule has 1 amide bonds. The number of para-hydroxylation sites is 1. The number of carbonyl (C=O) groups is 1. The molecule has 0 saturated heterocycles. The summed E-state index contributed by atoms with van der Waals surface area (Å²) in [7, 11) is 3.11. The number of carbonyl (C=O) groups excluding carboxylic acids is 1. The van der Waals surface area contributed by atoms with Gasteiger partial charge in [0.15, 0.2) is 11.5 Å². The van der Waals surface area contributed by atoms with Crippen LogP contribution in [0.5, 0.6) is 17.2 Å². The Labute approximate surface area is 147 Å². The van der Waals surface area contributed by atoms with Gasteiger partial charge in [0.05, 0.1) is 26.4 Å². The first kappa shape index (κ1) is 18.6. The van der Waals surface area contributed by atoms with Crippen LogP contribution < -0.4 is 19.5 Å². The highest BCUT2D eigenvalue weighted by Crippen LogP contribution is 2.30. The van der Waals surface area contributed by atoms with Gasteiger partial charge < -0.3 is 24.3 Å². The third kappa shape index (κ3) is 5.12. The molecule has 0 fully saturated rings. The van der Waals surface area contributed by atoms with Crippen LogP contribution in [0.25, 0.3) is 0 Å². The minimum Gasteiger partial charge on any atom is -0.493 e. The molecule has 0 atom stereocenters. The van der Waals surface area contributed by atoms with E-state index in [9.17, 15) is 4.79 Å². The van der Waals surface area contributed by atoms with Crippen LogP contribution in [-0.2, 0) is 4.74 Å². The fourth-order valence-corrected chi connectivity index (χ4v) is 2.25. The molecule has 2 aromatic rings. The molecule has 0 aromatic heterocycles. The zero-order valence-electron chi connectivity index (χ0n) is 14.7. The number of hydrogen-bond acceptors (Lipinski definition) is 5. The summed E-state index contributed by atoms with van der Waals surface area (Å²) in [6.07, 6.45) is 0. The molecule has 0 unspecified atom stereocenters. The Morgan fingerprint density at radius 1 is 0.960 bits per heavy atom. The van der Waals surface area contributed by atoms with Crippen LogP contribution in [0, 0.1) is 0 Å². The second-order valence-electron chi connectivity index (χ2n) is 5.07. The average molecular weight is 345 g/mol. The molecule has 2 aromatic carbocycles. The Bertz CT molecular complexity index is 702. The molecule has 0 heterocycles. The van der Waals surface area contributed by atoms with E-state index in [1.54, 1.807) is 50.6 Å². The number of hydrogen-bond donors (Lipinski definition) is 1. The van der Waals surface area contributed by atoms with Crippen molar-refractivity contribution in [3.8, 4) is 17.2 Å². The summed E-state index contributed by atoms with van der Waals surface area (Å²) >= 11 is 0. The Kier molecular flexibility index (Phi) is 7.10. The molecule has 0 radical (unpaired) electrons. The average Bonchev–Trinajstić information content (AvgIpc) is 2.65. The zero-order chi connectivity index (χ0) is 18.1. The summed E-state index contributed by atoms with van der Waals surface area (Å²) in [5, 5.41) is 2.84. The van der Waals surface area contributed by atoms with Gasteiger partial charge >= 0.3 is 0 Å². The molecule has 0 aliphatic carbocycles. The van der Waals surface area contributed by atoms with Gasteiger partial charge in [-0.3, -0.25) is 4.79 Å². The lowest BCUT2D eigenvalue weighted by atomic mass is 10.1. The van der Waals surface area contributed by atoms with Crippen molar-refractivity contribution in [1.29, 1.82) is 0 Å². The van der Waals surface area contributed by atoms with Crippen molar-refractivity contribution in [1.82, 2.24) is 0 Å². The van der Waals surface area contributed by atoms with E-state index < -0.39 is 0 Å². The molecular formula is C19H23NO5. The van der Waals surface area contributed by atoms with Crippen LogP contribution in [-0.4, -0.2) is 39.9 Å². The number of amides is 1. The number of ether oxygens (including phenoxy) is 4. The van der Waals surface area contributed by atoms with E-state index in [-0.39, 0.29) is 5.91 Å². The molecule has 6 nitrogen and oxygen atoms in total. The third-order valence-corrected chi connectivity index (χ3v) is 3.46. The SMILES string of the molecule is CCOCCOc1ccccc1C(=O)Nc1ccc(OC)c(OC)c1. The van der Waals surface area contributed by atoms with Crippen LogP contribution in [0.15, 0.2) is 42.5 Å². The molecule has 0 saturated carbocycles. The number of nitrogens with one attached hydrogen (secondary N) is 1. The highest BCUT2D eigenvalue weighted by molar-refractivity contribution is 6.06. The van der Waals surface area contributed by atoms with Crippen molar-refractivity contribution in [2.24, 2.45) is 0 Å². The number of benzene rings is 2. The summed E-state index contributed by atoms with van der Waals surface area (Å²) < 4.78 is 21.3. The standard InChI is InChI=1S/C19H23NO5/c1-4-24-11-12-25-16-8-6-5-7-15(16)19(21)20-14-9-10-17(22-2)18(13-14)23-3/h5-10,13H,4,11-12H2,1-3H3,(H,20,21). The number of methoxy groups -OCH3 is 2. The van der Waals surface area contributed by atoms with Crippen molar-refractivity contribution >= 4 is 11.6 Å². The van der Waals surface area contributed by atoms with Crippen molar-refractivity contribution < 1.29 is 23.7 Å². The van der Waals surface area contributed by atoms with Gasteiger partial charge in [0, 0.05) is 18.4 Å². The minimum absolute atomic E-state index is 0.265. The van der Waals surface area contributed by atoms with Gasteiger partial charge in [0.25, 0.3) is 5.91 Å². The lowest BCUT2D eigenvalue weighted by Crippen LogP contribution is -2.15. The quantitative estimate of drug-likeness (QED) is 0.706. The molecule has 134 valence electrons. The summed E-state index contributed by atoms with van der Waals surface area (Å²) in [5.74, 6) is 1.39. The molecular weight excluding hydrogens is 322 g/mol. The van der Waals surface area contributed by atoms with Crippen molar-refractivity contribution in [3.05, 3.63) is 48.0 Å². The van der Waals surface area contributed by atoms with Gasteiger partial charge in [-0.05, 0) is 31.2 Å². The van der Waals surface area contributed by atoms with Gasteiger partial charge in [-0.25, -0.2) is 0 Å². The maximum absolute atomic E-state index is 12.6. The van der Waals surface area contributed by atoms with Gasteiger partial charge in [-0.1, -0.05) is 12.1 Å². The molecule has 2 rings (SSSR count). The highest BCUT2D eigenvalue weighted by Gasteiger charge is 2.13. The van der Waals surface area contributed by atoms with Crippen LogP contribution in [0.1, 0.15) is 17.3 Å². The van der Waals surface area contributed by atoms with Crippen LogP contribution in [0.3, 0.4) is 0 Å². The largest absolute Gasteiger partial charge is 0.493 e. The van der Waals surface area contributed by atoms with Crippen LogP contribution in [0.4, 0.5) is 5.69 Å². The predicted molar refractivity (Wildman–Crippen MR) is 95.9 cm³/mol. The highest BCUT2D eigenvalue weighted by atomic mass is 16.5. The maximum Gasteiger partial charge on any atom is 0.259 e. The molecule has 1 N–H and O–H groups in total. The Morgan fingerprint density at radius 2 is 1.72 bits per heavy atom. The summed E-state index contributed by atoms with van der Waals surface area (Å²) in [6, 6.07) is 12.3. The second kappa shape index (κ2) is 9.54. The van der Waals surface area contributed by atoms with E-state index in [1.807, 2.05) is 13.0 Å². The van der Waals surface area contributed by atoms with Gasteiger partial charge in [-0.15, -0.1) is 0 Å². The number of rotatable bonds is 9. The molecule has 25 heavy (non-hydrogen) atoms. The van der Waals surface area contributed by atoms with E-state index in [1.165, 1.54) is 0 Å². The van der Waals surface area contributed by atoms with E-state index in [4.69, 9.17) is 18.9 Å². The fraction of sp³-hybridized carbons (Fsp3) is 0.316. The Morgan fingerprint density at radius 3 is 2.44 bits per heavy atom. The van der Waals surface area contributed by atoms with Crippen molar-refractivity contribution in [2.75, 3.05) is 39.4 Å². The Balaban J connectivity index is 2.10. The van der Waals surface area contributed by atoms with Crippen LogP contribution >= 0.6 is 0 Å². The first-order chi connectivity index (χ1) is 12.2. The van der Waals surface area contributed by atoms with Crippen molar-refractivity contribution in [3.63, 3.8) is 0 Å². The summed E-state index contributed by atoms with van der Waals surface area (Å²) in [6.45, 7) is 3.41. The third-order valence-electron chi connectivity index (χ3n) is 3.46. The van der Waals surface area contributed by atoms with Gasteiger partial charge in [-0.2, -0.15) is 0 Å². The molecule has 0 aliphatic heterocycles. The van der Waals surface area contributed by atoms with Crippen LogP contribution in [0.2, 0.25) is 0 Å². The lowest BCUT2D eigenvalue weighted by Gasteiger charge is -2.13. The van der Waals surface area contributed by atoms with Crippen molar-refractivity contribution in [2.45, 2.75) is 6.92 Å². The number of anilines is 1. The zero-order valence-corrected chi connectivity index (χ0v) is 14.7.